The van der Waals surface area contributed by atoms with Crippen molar-refractivity contribution in [3.63, 3.8) is 0 Å². The van der Waals surface area contributed by atoms with E-state index in [2.05, 4.69) is 74.6 Å². The SMILES string of the molecule is CCCCCC[C@H](CCCC)C(C)C(CC(C)N(C)I)CC1(C)CC1C. The van der Waals surface area contributed by atoms with Crippen LogP contribution >= 0.6 is 22.9 Å². The summed E-state index contributed by atoms with van der Waals surface area (Å²) in [4.78, 5) is 0. The van der Waals surface area contributed by atoms with Crippen molar-refractivity contribution >= 4 is 22.9 Å². The number of unbranched alkanes of at least 4 members (excludes halogenated alkanes) is 4. The first-order chi connectivity index (χ1) is 12.2. The summed E-state index contributed by atoms with van der Waals surface area (Å²) in [6, 6.07) is 0.688. The molecule has 1 aliphatic rings. The molecule has 0 aromatic rings. The highest BCUT2D eigenvalue weighted by atomic mass is 127. The molecule has 0 aliphatic heterocycles. The molecule has 0 aromatic carbocycles. The largest absolute Gasteiger partial charge is 0.248 e. The molecule has 2 heteroatoms. The van der Waals surface area contributed by atoms with E-state index in [4.69, 9.17) is 0 Å². The molecule has 1 aliphatic carbocycles. The molecule has 0 spiro atoms. The monoisotopic (exact) mass is 477 g/mol. The van der Waals surface area contributed by atoms with Crippen LogP contribution in [0.4, 0.5) is 0 Å². The van der Waals surface area contributed by atoms with Gasteiger partial charge in [0.1, 0.15) is 0 Å². The van der Waals surface area contributed by atoms with Crippen molar-refractivity contribution in [3.05, 3.63) is 0 Å². The van der Waals surface area contributed by atoms with Crippen LogP contribution in [0.5, 0.6) is 0 Å². The van der Waals surface area contributed by atoms with Crippen molar-refractivity contribution in [2.45, 2.75) is 118 Å². The molecule has 1 rings (SSSR count). The van der Waals surface area contributed by atoms with Gasteiger partial charge in [0, 0.05) is 28.9 Å². The second kappa shape index (κ2) is 12.3. The first-order valence-electron chi connectivity index (χ1n) is 11.6. The third kappa shape index (κ3) is 8.37. The standard InChI is InChI=1S/C24H48IN/c1-8-10-12-13-15-22(14-11-9-2)21(5)23(16-20(4)26(7)25)18-24(6)17-19(24)3/h19-23H,8-18H2,1-7H3/t19?,20?,21?,22-,23?,24?/m0/s1. The van der Waals surface area contributed by atoms with Gasteiger partial charge in [0.25, 0.3) is 0 Å². The first kappa shape index (κ1) is 24.7. The Morgan fingerprint density at radius 3 is 2.08 bits per heavy atom. The zero-order chi connectivity index (χ0) is 19.7. The Balaban J connectivity index is 2.76. The summed E-state index contributed by atoms with van der Waals surface area (Å²) in [7, 11) is 2.24. The third-order valence-corrected chi connectivity index (χ3v) is 8.58. The van der Waals surface area contributed by atoms with Gasteiger partial charge in [0.2, 0.25) is 0 Å². The van der Waals surface area contributed by atoms with Gasteiger partial charge in [-0.05, 0) is 62.3 Å². The second-order valence-corrected chi connectivity index (χ2v) is 11.5. The Morgan fingerprint density at radius 1 is 1.00 bits per heavy atom. The molecule has 6 atom stereocenters. The van der Waals surface area contributed by atoms with Gasteiger partial charge in [-0.25, -0.2) is 3.11 Å². The van der Waals surface area contributed by atoms with Gasteiger partial charge in [-0.15, -0.1) is 0 Å². The number of hydrogen-bond donors (Lipinski definition) is 0. The van der Waals surface area contributed by atoms with Crippen LogP contribution in [-0.2, 0) is 0 Å². The van der Waals surface area contributed by atoms with Gasteiger partial charge in [-0.1, -0.05) is 86.0 Å². The summed E-state index contributed by atoms with van der Waals surface area (Å²) in [6.07, 6.45) is 15.7. The van der Waals surface area contributed by atoms with Crippen LogP contribution in [0.3, 0.4) is 0 Å². The van der Waals surface area contributed by atoms with Gasteiger partial charge < -0.3 is 0 Å². The van der Waals surface area contributed by atoms with E-state index < -0.39 is 0 Å². The Labute approximate surface area is 180 Å². The summed E-state index contributed by atoms with van der Waals surface area (Å²) >= 11 is 2.49. The average molecular weight is 478 g/mol. The van der Waals surface area contributed by atoms with Crippen LogP contribution in [0.25, 0.3) is 0 Å². The van der Waals surface area contributed by atoms with Crippen molar-refractivity contribution in [2.24, 2.45) is 29.1 Å². The summed E-state index contributed by atoms with van der Waals surface area (Å²) in [5.41, 5.74) is 0.639. The van der Waals surface area contributed by atoms with E-state index >= 15 is 0 Å². The molecule has 26 heavy (non-hydrogen) atoms. The first-order valence-corrected chi connectivity index (χ1v) is 12.6. The van der Waals surface area contributed by atoms with Crippen LogP contribution in [0.2, 0.25) is 0 Å². The Hall–Kier alpha value is 0.690. The maximum Gasteiger partial charge on any atom is 0.0201 e. The van der Waals surface area contributed by atoms with Gasteiger partial charge in [0.15, 0.2) is 0 Å². The van der Waals surface area contributed by atoms with E-state index in [0.717, 1.165) is 23.7 Å². The lowest BCUT2D eigenvalue weighted by atomic mass is 9.71. The molecule has 1 saturated carbocycles. The van der Waals surface area contributed by atoms with Crippen molar-refractivity contribution in [2.75, 3.05) is 7.05 Å². The second-order valence-electron chi connectivity index (χ2n) is 9.94. The van der Waals surface area contributed by atoms with Gasteiger partial charge >= 0.3 is 0 Å². The summed E-state index contributed by atoms with van der Waals surface area (Å²) in [5, 5.41) is 0. The molecule has 0 radical (unpaired) electrons. The summed E-state index contributed by atoms with van der Waals surface area (Å²) < 4.78 is 2.40. The van der Waals surface area contributed by atoms with Crippen LogP contribution < -0.4 is 0 Å². The van der Waals surface area contributed by atoms with E-state index in [9.17, 15) is 0 Å². The van der Waals surface area contributed by atoms with E-state index in [0.29, 0.717) is 11.5 Å². The molecule has 0 heterocycles. The van der Waals surface area contributed by atoms with Crippen LogP contribution in [0, 0.1) is 29.1 Å². The normalized spacial score (nSPS) is 27.3. The maximum atomic E-state index is 2.61. The molecule has 1 nitrogen and oxygen atoms in total. The Kier molecular flexibility index (Phi) is 11.7. The lowest BCUT2D eigenvalue weighted by Crippen LogP contribution is -2.30. The minimum absolute atomic E-state index is 0.639. The fourth-order valence-corrected chi connectivity index (χ4v) is 5.17. The van der Waals surface area contributed by atoms with Gasteiger partial charge in [-0.3, -0.25) is 0 Å². The van der Waals surface area contributed by atoms with Crippen LogP contribution in [0.15, 0.2) is 0 Å². The van der Waals surface area contributed by atoms with Gasteiger partial charge in [-0.2, -0.15) is 0 Å². The van der Waals surface area contributed by atoms with Crippen molar-refractivity contribution in [3.8, 4) is 0 Å². The van der Waals surface area contributed by atoms with E-state index in [1.165, 1.54) is 70.6 Å². The zero-order valence-electron chi connectivity index (χ0n) is 19.0. The molecule has 0 amide bonds. The van der Waals surface area contributed by atoms with Crippen LogP contribution in [-0.4, -0.2) is 16.2 Å². The number of hydrogen-bond acceptors (Lipinski definition) is 1. The zero-order valence-corrected chi connectivity index (χ0v) is 21.1. The molecular formula is C24H48IN. The lowest BCUT2D eigenvalue weighted by molar-refractivity contribution is 0.153. The van der Waals surface area contributed by atoms with E-state index in [-0.39, 0.29) is 0 Å². The van der Waals surface area contributed by atoms with Gasteiger partial charge in [0.05, 0.1) is 0 Å². The minimum atomic E-state index is 0.639. The van der Waals surface area contributed by atoms with Crippen molar-refractivity contribution < 1.29 is 0 Å². The fraction of sp³-hybridized carbons (Fsp3) is 1.00. The molecule has 0 bridgehead atoms. The van der Waals surface area contributed by atoms with Crippen molar-refractivity contribution in [1.29, 1.82) is 0 Å². The van der Waals surface area contributed by atoms with Crippen LogP contribution in [0.1, 0.15) is 112 Å². The predicted molar refractivity (Wildman–Crippen MR) is 127 cm³/mol. The summed E-state index contributed by atoms with van der Waals surface area (Å²) in [5.74, 6) is 3.67. The quantitative estimate of drug-likeness (QED) is 0.130. The van der Waals surface area contributed by atoms with E-state index in [1.807, 2.05) is 0 Å². The number of rotatable bonds is 15. The highest BCUT2D eigenvalue weighted by Crippen LogP contribution is 2.57. The number of halogens is 1. The molecule has 5 unspecified atom stereocenters. The molecule has 0 N–H and O–H groups in total. The van der Waals surface area contributed by atoms with Crippen molar-refractivity contribution in [1.82, 2.24) is 3.11 Å². The predicted octanol–water partition coefficient (Wildman–Crippen LogP) is 8.51. The molecule has 1 fully saturated rings. The topological polar surface area (TPSA) is 3.24 Å². The fourth-order valence-electron chi connectivity index (χ4n) is 4.95. The highest BCUT2D eigenvalue weighted by Gasteiger charge is 2.48. The lowest BCUT2D eigenvalue weighted by Gasteiger charge is -2.36. The summed E-state index contributed by atoms with van der Waals surface area (Å²) in [6.45, 7) is 14.7. The molecular weight excluding hydrogens is 429 g/mol. The Morgan fingerprint density at radius 2 is 1.58 bits per heavy atom. The highest BCUT2D eigenvalue weighted by molar-refractivity contribution is 14.1. The molecule has 0 aromatic heterocycles. The Bertz CT molecular complexity index is 369. The average Bonchev–Trinajstić information content (AvgIpc) is 3.18. The molecule has 0 saturated heterocycles. The smallest absolute Gasteiger partial charge is 0.0201 e. The number of nitrogens with zero attached hydrogens (tertiary/aromatic N) is 1. The van der Waals surface area contributed by atoms with E-state index in [1.54, 1.807) is 0 Å². The maximum absolute atomic E-state index is 2.61. The minimum Gasteiger partial charge on any atom is -0.248 e. The molecule has 156 valence electrons. The third-order valence-electron chi connectivity index (χ3n) is 7.63.